The molecule has 1 saturated heterocycles. The molecule has 1 aromatic rings. The molecule has 0 spiro atoms. The molecule has 27 heavy (non-hydrogen) atoms. The Morgan fingerprint density at radius 1 is 0.963 bits per heavy atom. The van der Waals surface area contributed by atoms with Crippen LogP contribution in [0.4, 0.5) is 0 Å². The van der Waals surface area contributed by atoms with Crippen molar-refractivity contribution in [2.45, 2.75) is 96.1 Å². The summed E-state index contributed by atoms with van der Waals surface area (Å²) in [5, 5.41) is 0. The van der Waals surface area contributed by atoms with E-state index in [9.17, 15) is 0 Å². The van der Waals surface area contributed by atoms with Gasteiger partial charge in [0.25, 0.3) is 0 Å². The molecule has 3 heteroatoms. The van der Waals surface area contributed by atoms with Crippen molar-refractivity contribution >= 4 is 7.12 Å². The summed E-state index contributed by atoms with van der Waals surface area (Å²) in [5.41, 5.74) is 3.33. The molecule has 3 fully saturated rings. The number of benzene rings is 1. The van der Waals surface area contributed by atoms with Crippen LogP contribution in [0.1, 0.15) is 83.3 Å². The van der Waals surface area contributed by atoms with E-state index in [1.54, 1.807) is 11.1 Å². The maximum atomic E-state index is 6.44. The van der Waals surface area contributed by atoms with Gasteiger partial charge in [0.15, 0.2) is 0 Å². The summed E-state index contributed by atoms with van der Waals surface area (Å²) in [7, 11) is -0.0250. The van der Waals surface area contributed by atoms with Crippen molar-refractivity contribution in [3.05, 3.63) is 35.4 Å². The van der Waals surface area contributed by atoms with Crippen LogP contribution >= 0.6 is 0 Å². The topological polar surface area (TPSA) is 18.5 Å². The van der Waals surface area contributed by atoms with Gasteiger partial charge >= 0.3 is 7.12 Å². The molecule has 4 atom stereocenters. The maximum absolute atomic E-state index is 6.44. The van der Waals surface area contributed by atoms with Gasteiger partial charge in [-0.1, -0.05) is 30.7 Å². The molecule has 2 saturated carbocycles. The van der Waals surface area contributed by atoms with Crippen LogP contribution in [0.15, 0.2) is 24.3 Å². The first-order chi connectivity index (χ1) is 12.8. The lowest BCUT2D eigenvalue weighted by Crippen LogP contribution is -2.43. The van der Waals surface area contributed by atoms with Gasteiger partial charge in [-0.25, -0.2) is 0 Å². The van der Waals surface area contributed by atoms with Crippen molar-refractivity contribution in [1.82, 2.24) is 0 Å². The molecule has 4 aliphatic rings. The summed E-state index contributed by atoms with van der Waals surface area (Å²) < 4.78 is 12.9. The zero-order chi connectivity index (χ0) is 18.9. The van der Waals surface area contributed by atoms with Crippen molar-refractivity contribution in [3.8, 4) is 0 Å². The van der Waals surface area contributed by atoms with Gasteiger partial charge in [0.2, 0.25) is 0 Å². The average molecular weight is 366 g/mol. The van der Waals surface area contributed by atoms with E-state index in [0.29, 0.717) is 5.41 Å². The Hall–Kier alpha value is -0.795. The largest absolute Gasteiger partial charge is 0.458 e. The highest BCUT2D eigenvalue weighted by molar-refractivity contribution is 6.45. The molecule has 1 aliphatic heterocycles. The van der Waals surface area contributed by atoms with E-state index in [4.69, 9.17) is 9.31 Å². The zero-order valence-corrected chi connectivity index (χ0v) is 17.6. The van der Waals surface area contributed by atoms with Crippen LogP contribution in [0, 0.1) is 17.3 Å². The Morgan fingerprint density at radius 2 is 1.70 bits per heavy atom. The summed E-state index contributed by atoms with van der Waals surface area (Å²) >= 11 is 0. The number of rotatable bonds is 2. The number of hydrogen-bond donors (Lipinski definition) is 0. The van der Waals surface area contributed by atoms with Gasteiger partial charge < -0.3 is 9.31 Å². The third kappa shape index (κ3) is 2.75. The fraction of sp³-hybridized carbons (Fsp3) is 0.750. The summed E-state index contributed by atoms with van der Waals surface area (Å²) in [6.45, 7) is 8.75. The van der Waals surface area contributed by atoms with Gasteiger partial charge in [-0.15, -0.1) is 0 Å². The van der Waals surface area contributed by atoms with Crippen molar-refractivity contribution in [1.29, 1.82) is 0 Å². The van der Waals surface area contributed by atoms with Gasteiger partial charge in [0.1, 0.15) is 0 Å². The van der Waals surface area contributed by atoms with E-state index in [1.165, 1.54) is 44.9 Å². The molecule has 0 N–H and O–H groups in total. The highest BCUT2D eigenvalue weighted by Crippen LogP contribution is 2.63. The third-order valence-electron chi connectivity index (χ3n) is 9.04. The van der Waals surface area contributed by atoms with E-state index in [2.05, 4.69) is 52.0 Å². The Morgan fingerprint density at radius 3 is 2.48 bits per heavy atom. The van der Waals surface area contributed by atoms with E-state index in [-0.39, 0.29) is 18.3 Å². The highest BCUT2D eigenvalue weighted by atomic mass is 16.7. The SMILES string of the molecule is CC1(C)OB(C[C@@]23CCC[C@H]2[C@@H]2CCc4ccccc4[C@H]2CC3)OC1(C)C. The molecule has 0 unspecified atom stereocenters. The lowest BCUT2D eigenvalue weighted by molar-refractivity contribution is 0.00578. The first kappa shape index (κ1) is 18.2. The van der Waals surface area contributed by atoms with Crippen LogP contribution in [-0.2, 0) is 15.7 Å². The molecular formula is C24H35BO2. The smallest absolute Gasteiger partial charge is 0.403 e. The minimum Gasteiger partial charge on any atom is -0.403 e. The quantitative estimate of drug-likeness (QED) is 0.597. The fourth-order valence-corrected chi connectivity index (χ4v) is 7.05. The standard InChI is InChI=1S/C24H35BO2/c1-22(2)23(3,4)27-25(26-22)16-24-14-7-10-21(24)20-12-11-17-8-5-6-9-18(17)19(20)13-15-24/h5-6,8-9,19-21H,7,10-16H2,1-4H3/t19-,20-,21+,24+/m1/s1. The second-order valence-electron chi connectivity index (χ2n) is 10.8. The molecule has 146 valence electrons. The lowest BCUT2D eigenvalue weighted by atomic mass is 9.50. The van der Waals surface area contributed by atoms with Gasteiger partial charge in [0, 0.05) is 0 Å². The lowest BCUT2D eigenvalue weighted by Gasteiger charge is -2.51. The average Bonchev–Trinajstić information content (AvgIpc) is 3.12. The summed E-state index contributed by atoms with van der Waals surface area (Å²) in [5.74, 6) is 2.53. The molecule has 5 rings (SSSR count). The molecule has 0 bridgehead atoms. The monoisotopic (exact) mass is 366 g/mol. The number of aryl methyl sites for hydroxylation is 1. The van der Waals surface area contributed by atoms with Crippen molar-refractivity contribution in [2.75, 3.05) is 0 Å². The molecular weight excluding hydrogens is 331 g/mol. The van der Waals surface area contributed by atoms with Crippen LogP contribution in [0.2, 0.25) is 6.32 Å². The Bertz CT molecular complexity index is 711. The van der Waals surface area contributed by atoms with Gasteiger partial charge in [-0.05, 0) is 107 Å². The molecule has 3 aliphatic carbocycles. The van der Waals surface area contributed by atoms with E-state index in [1.807, 2.05) is 0 Å². The van der Waals surface area contributed by atoms with Gasteiger partial charge in [-0.3, -0.25) is 0 Å². The molecule has 0 amide bonds. The molecule has 1 heterocycles. The maximum Gasteiger partial charge on any atom is 0.458 e. The van der Waals surface area contributed by atoms with E-state index < -0.39 is 0 Å². The predicted molar refractivity (Wildman–Crippen MR) is 111 cm³/mol. The predicted octanol–water partition coefficient (Wildman–Crippen LogP) is 6.01. The first-order valence-electron chi connectivity index (χ1n) is 11.2. The summed E-state index contributed by atoms with van der Waals surface area (Å²) in [6, 6.07) is 9.26. The van der Waals surface area contributed by atoms with Crippen LogP contribution in [-0.4, -0.2) is 18.3 Å². The fourth-order valence-electron chi connectivity index (χ4n) is 7.05. The molecule has 0 radical (unpaired) electrons. The van der Waals surface area contributed by atoms with Crippen molar-refractivity contribution < 1.29 is 9.31 Å². The summed E-state index contributed by atoms with van der Waals surface area (Å²) in [6.07, 6.45) is 10.7. The van der Waals surface area contributed by atoms with Crippen LogP contribution in [0.5, 0.6) is 0 Å². The van der Waals surface area contributed by atoms with Crippen LogP contribution < -0.4 is 0 Å². The Labute approximate surface area is 165 Å². The minimum atomic E-state index is -0.205. The van der Waals surface area contributed by atoms with E-state index in [0.717, 1.165) is 24.1 Å². The van der Waals surface area contributed by atoms with Gasteiger partial charge in [0.05, 0.1) is 11.2 Å². The Kier molecular flexibility index (Phi) is 4.12. The second-order valence-corrected chi connectivity index (χ2v) is 10.8. The summed E-state index contributed by atoms with van der Waals surface area (Å²) in [4.78, 5) is 0. The molecule has 1 aromatic carbocycles. The van der Waals surface area contributed by atoms with E-state index >= 15 is 0 Å². The zero-order valence-electron chi connectivity index (χ0n) is 17.6. The normalized spacial score (nSPS) is 39.0. The first-order valence-corrected chi connectivity index (χ1v) is 11.2. The number of fused-ring (bicyclic) bond motifs is 5. The van der Waals surface area contributed by atoms with Crippen molar-refractivity contribution in [2.24, 2.45) is 17.3 Å². The number of hydrogen-bond acceptors (Lipinski definition) is 2. The van der Waals surface area contributed by atoms with Crippen LogP contribution in [0.25, 0.3) is 0 Å². The highest BCUT2D eigenvalue weighted by Gasteiger charge is 2.58. The third-order valence-corrected chi connectivity index (χ3v) is 9.04. The minimum absolute atomic E-state index is 0.0250. The molecule has 2 nitrogen and oxygen atoms in total. The Balaban J connectivity index is 1.39. The second kappa shape index (κ2) is 6.10. The van der Waals surface area contributed by atoms with Gasteiger partial charge in [-0.2, -0.15) is 0 Å². The van der Waals surface area contributed by atoms with Crippen LogP contribution in [0.3, 0.4) is 0 Å². The van der Waals surface area contributed by atoms with Crippen molar-refractivity contribution in [3.63, 3.8) is 0 Å². The molecule has 0 aromatic heterocycles.